The largest absolute Gasteiger partial charge is 0.497 e. The van der Waals surface area contributed by atoms with Crippen molar-refractivity contribution in [2.24, 2.45) is 4.99 Å². The highest BCUT2D eigenvalue weighted by Crippen LogP contribution is 2.29. The number of methoxy groups -OCH3 is 1. The third-order valence-corrected chi connectivity index (χ3v) is 3.41. The number of rotatable bonds is 3. The SMILES string of the molecule is COc1ccc2[nH]c(O)c(C=Nc3cccc(Cl)c3)c2c1. The smallest absolute Gasteiger partial charge is 0.198 e. The fourth-order valence-corrected chi connectivity index (χ4v) is 2.32. The number of ether oxygens (including phenoxy) is 1. The number of hydrogen-bond acceptors (Lipinski definition) is 3. The van der Waals surface area contributed by atoms with Gasteiger partial charge < -0.3 is 14.8 Å². The van der Waals surface area contributed by atoms with Crippen LogP contribution in [0.25, 0.3) is 10.9 Å². The third kappa shape index (κ3) is 2.71. The molecule has 0 aliphatic rings. The quantitative estimate of drug-likeness (QED) is 0.709. The maximum Gasteiger partial charge on any atom is 0.198 e. The van der Waals surface area contributed by atoms with Gasteiger partial charge in [0.15, 0.2) is 5.88 Å². The van der Waals surface area contributed by atoms with Gasteiger partial charge >= 0.3 is 0 Å². The Hall–Kier alpha value is -2.46. The van der Waals surface area contributed by atoms with Crippen molar-refractivity contribution in [1.29, 1.82) is 0 Å². The predicted octanol–water partition coefficient (Wildman–Crippen LogP) is 4.29. The lowest BCUT2D eigenvalue weighted by molar-refractivity contribution is 0.415. The van der Waals surface area contributed by atoms with E-state index >= 15 is 0 Å². The van der Waals surface area contributed by atoms with Gasteiger partial charge in [-0.1, -0.05) is 17.7 Å². The van der Waals surface area contributed by atoms with Crippen LogP contribution in [-0.4, -0.2) is 23.4 Å². The Morgan fingerprint density at radius 2 is 2.10 bits per heavy atom. The Bertz CT molecular complexity index is 824. The average molecular weight is 301 g/mol. The van der Waals surface area contributed by atoms with Crippen molar-refractivity contribution in [2.75, 3.05) is 7.11 Å². The summed E-state index contributed by atoms with van der Waals surface area (Å²) in [5.74, 6) is 0.794. The van der Waals surface area contributed by atoms with E-state index in [1.165, 1.54) is 0 Å². The zero-order valence-corrected chi connectivity index (χ0v) is 12.1. The molecule has 1 aromatic heterocycles. The topological polar surface area (TPSA) is 57.6 Å². The highest BCUT2D eigenvalue weighted by molar-refractivity contribution is 6.30. The zero-order chi connectivity index (χ0) is 14.8. The third-order valence-electron chi connectivity index (χ3n) is 3.18. The molecule has 0 bridgehead atoms. The van der Waals surface area contributed by atoms with Crippen LogP contribution >= 0.6 is 11.6 Å². The van der Waals surface area contributed by atoms with Crippen molar-refractivity contribution >= 4 is 34.4 Å². The van der Waals surface area contributed by atoms with E-state index in [-0.39, 0.29) is 5.88 Å². The van der Waals surface area contributed by atoms with Gasteiger partial charge in [0.1, 0.15) is 5.75 Å². The summed E-state index contributed by atoms with van der Waals surface area (Å²) in [5, 5.41) is 11.5. The minimum atomic E-state index is 0.0732. The molecule has 0 amide bonds. The van der Waals surface area contributed by atoms with E-state index in [1.54, 1.807) is 25.5 Å². The summed E-state index contributed by atoms with van der Waals surface area (Å²) in [7, 11) is 1.60. The molecule has 0 aliphatic carbocycles. The second-order valence-corrected chi connectivity index (χ2v) is 4.97. The maximum absolute atomic E-state index is 10.0. The van der Waals surface area contributed by atoms with Gasteiger partial charge in [-0.15, -0.1) is 0 Å². The molecule has 2 aromatic carbocycles. The monoisotopic (exact) mass is 300 g/mol. The van der Waals surface area contributed by atoms with Gasteiger partial charge in [0.25, 0.3) is 0 Å². The van der Waals surface area contributed by atoms with Gasteiger partial charge in [-0.3, -0.25) is 4.99 Å². The number of benzene rings is 2. The van der Waals surface area contributed by atoms with Gasteiger partial charge in [0.2, 0.25) is 0 Å². The highest BCUT2D eigenvalue weighted by Gasteiger charge is 2.09. The number of H-pyrrole nitrogens is 1. The molecule has 4 nitrogen and oxygen atoms in total. The van der Waals surface area contributed by atoms with Crippen molar-refractivity contribution in [3.63, 3.8) is 0 Å². The summed E-state index contributed by atoms with van der Waals surface area (Å²) in [5.41, 5.74) is 2.16. The van der Waals surface area contributed by atoms with E-state index in [4.69, 9.17) is 16.3 Å². The number of aliphatic imine (C=N–C) groups is 1. The van der Waals surface area contributed by atoms with Crippen LogP contribution in [0.3, 0.4) is 0 Å². The van der Waals surface area contributed by atoms with Crippen LogP contribution < -0.4 is 4.74 Å². The first-order valence-electron chi connectivity index (χ1n) is 6.35. The molecule has 0 aliphatic heterocycles. The van der Waals surface area contributed by atoms with Crippen LogP contribution in [0.4, 0.5) is 5.69 Å². The average Bonchev–Trinajstić information content (AvgIpc) is 2.79. The summed E-state index contributed by atoms with van der Waals surface area (Å²) in [6, 6.07) is 12.7. The number of halogens is 1. The molecule has 0 spiro atoms. The van der Waals surface area contributed by atoms with Crippen molar-refractivity contribution in [3.05, 3.63) is 53.1 Å². The minimum Gasteiger partial charge on any atom is -0.497 e. The highest BCUT2D eigenvalue weighted by atomic mass is 35.5. The number of aromatic nitrogens is 1. The first-order valence-corrected chi connectivity index (χ1v) is 6.73. The van der Waals surface area contributed by atoms with Crippen molar-refractivity contribution in [3.8, 4) is 11.6 Å². The van der Waals surface area contributed by atoms with Crippen LogP contribution in [0.15, 0.2) is 47.5 Å². The Balaban J connectivity index is 2.05. The molecule has 0 radical (unpaired) electrons. The van der Waals surface area contributed by atoms with Crippen LogP contribution in [0, 0.1) is 0 Å². The summed E-state index contributed by atoms with van der Waals surface area (Å²) < 4.78 is 5.21. The summed E-state index contributed by atoms with van der Waals surface area (Å²) in [6.45, 7) is 0. The lowest BCUT2D eigenvalue weighted by Crippen LogP contribution is -1.83. The number of aromatic hydroxyl groups is 1. The molecular weight excluding hydrogens is 288 g/mol. The van der Waals surface area contributed by atoms with Crippen molar-refractivity contribution in [1.82, 2.24) is 4.98 Å². The summed E-state index contributed by atoms with van der Waals surface area (Å²) >= 11 is 5.93. The molecule has 0 atom stereocenters. The van der Waals surface area contributed by atoms with E-state index in [0.717, 1.165) is 22.3 Å². The van der Waals surface area contributed by atoms with E-state index in [0.29, 0.717) is 10.6 Å². The molecule has 106 valence electrons. The Labute approximate surface area is 126 Å². The molecule has 3 aromatic rings. The van der Waals surface area contributed by atoms with E-state index in [2.05, 4.69) is 9.98 Å². The van der Waals surface area contributed by atoms with Crippen LogP contribution in [0.2, 0.25) is 5.02 Å². The molecule has 0 saturated heterocycles. The molecule has 0 saturated carbocycles. The van der Waals surface area contributed by atoms with Gasteiger partial charge in [-0.05, 0) is 36.4 Å². The van der Waals surface area contributed by atoms with Crippen molar-refractivity contribution in [2.45, 2.75) is 0 Å². The Morgan fingerprint density at radius 1 is 1.24 bits per heavy atom. The maximum atomic E-state index is 10.0. The fraction of sp³-hybridized carbons (Fsp3) is 0.0625. The van der Waals surface area contributed by atoms with Gasteiger partial charge in [0.05, 0.1) is 18.4 Å². The van der Waals surface area contributed by atoms with Gasteiger partial charge in [-0.2, -0.15) is 0 Å². The molecule has 0 fully saturated rings. The van der Waals surface area contributed by atoms with Gasteiger partial charge in [-0.25, -0.2) is 0 Å². The Morgan fingerprint density at radius 3 is 2.86 bits per heavy atom. The molecular formula is C16H13ClN2O2. The van der Waals surface area contributed by atoms with Crippen LogP contribution in [0.5, 0.6) is 11.6 Å². The lowest BCUT2D eigenvalue weighted by atomic mass is 10.1. The van der Waals surface area contributed by atoms with E-state index < -0.39 is 0 Å². The van der Waals surface area contributed by atoms with Crippen LogP contribution in [0.1, 0.15) is 5.56 Å². The van der Waals surface area contributed by atoms with Gasteiger partial charge in [0, 0.05) is 22.1 Å². The molecule has 5 heteroatoms. The number of nitrogens with zero attached hydrogens (tertiary/aromatic N) is 1. The normalized spacial score (nSPS) is 11.3. The van der Waals surface area contributed by atoms with Crippen LogP contribution in [-0.2, 0) is 0 Å². The number of hydrogen-bond donors (Lipinski definition) is 2. The number of aromatic amines is 1. The minimum absolute atomic E-state index is 0.0732. The summed E-state index contributed by atoms with van der Waals surface area (Å²) in [4.78, 5) is 7.25. The van der Waals surface area contributed by atoms with Crippen molar-refractivity contribution < 1.29 is 9.84 Å². The van der Waals surface area contributed by atoms with E-state index in [1.807, 2.05) is 30.3 Å². The molecule has 21 heavy (non-hydrogen) atoms. The number of fused-ring (bicyclic) bond motifs is 1. The first kappa shape index (κ1) is 13.5. The molecule has 1 heterocycles. The zero-order valence-electron chi connectivity index (χ0n) is 11.3. The second kappa shape index (κ2) is 5.50. The Kier molecular flexibility index (Phi) is 3.54. The fourth-order valence-electron chi connectivity index (χ4n) is 2.13. The lowest BCUT2D eigenvalue weighted by Gasteiger charge is -1.99. The summed E-state index contributed by atoms with van der Waals surface area (Å²) in [6.07, 6.45) is 1.61. The molecule has 0 unspecified atom stereocenters. The number of nitrogens with one attached hydrogen (secondary N) is 1. The molecule has 3 rings (SSSR count). The van der Waals surface area contributed by atoms with E-state index in [9.17, 15) is 5.11 Å². The molecule has 2 N–H and O–H groups in total. The predicted molar refractivity (Wildman–Crippen MR) is 85.2 cm³/mol. The first-order chi connectivity index (χ1) is 10.2. The standard InChI is InChI=1S/C16H13ClN2O2/c1-21-12-5-6-15-13(8-12)14(16(20)19-15)9-18-11-4-2-3-10(17)7-11/h2-9,19-20H,1H3. The second-order valence-electron chi connectivity index (χ2n) is 4.54.